The molecule has 3 rings (SSSR count). The minimum absolute atomic E-state index is 0.612. The van der Waals surface area contributed by atoms with Gasteiger partial charge in [-0.05, 0) is 31.5 Å². The number of anilines is 2. The molecule has 3 heterocycles. The molecule has 0 spiro atoms. The van der Waals surface area contributed by atoms with Crippen LogP contribution in [0.15, 0.2) is 22.6 Å². The molecule has 5 nitrogen and oxygen atoms in total. The van der Waals surface area contributed by atoms with Gasteiger partial charge in [0.2, 0.25) is 5.95 Å². The first-order chi connectivity index (χ1) is 10.2. The molecule has 0 radical (unpaired) electrons. The van der Waals surface area contributed by atoms with Gasteiger partial charge >= 0.3 is 0 Å². The van der Waals surface area contributed by atoms with Crippen LogP contribution in [0.2, 0.25) is 0 Å². The van der Waals surface area contributed by atoms with Gasteiger partial charge in [-0.15, -0.1) is 11.3 Å². The number of nitrogens with zero attached hydrogens (tertiary/aromatic N) is 2. The van der Waals surface area contributed by atoms with E-state index in [-0.39, 0.29) is 0 Å². The molecule has 3 aromatic heterocycles. The zero-order valence-corrected chi connectivity index (χ0v) is 13.2. The minimum Gasteiger partial charge on any atom is -0.465 e. The highest BCUT2D eigenvalue weighted by Crippen LogP contribution is 2.30. The third kappa shape index (κ3) is 2.85. The average molecular weight is 302 g/mol. The molecule has 0 saturated carbocycles. The van der Waals surface area contributed by atoms with Gasteiger partial charge in [-0.3, -0.25) is 0 Å². The highest BCUT2D eigenvalue weighted by Gasteiger charge is 2.11. The molecule has 0 aliphatic rings. The van der Waals surface area contributed by atoms with E-state index in [1.807, 2.05) is 26.1 Å². The number of fused-ring (bicyclic) bond motifs is 1. The van der Waals surface area contributed by atoms with Gasteiger partial charge in [0.15, 0.2) is 0 Å². The van der Waals surface area contributed by atoms with Crippen molar-refractivity contribution in [2.75, 3.05) is 17.7 Å². The van der Waals surface area contributed by atoms with E-state index in [0.29, 0.717) is 12.5 Å². The van der Waals surface area contributed by atoms with Crippen molar-refractivity contribution in [2.24, 2.45) is 0 Å². The molecule has 0 fully saturated rings. The second-order valence-electron chi connectivity index (χ2n) is 4.80. The predicted octanol–water partition coefficient (Wildman–Crippen LogP) is 3.81. The van der Waals surface area contributed by atoms with Crippen LogP contribution in [-0.4, -0.2) is 17.0 Å². The molecule has 0 aliphatic carbocycles. The first kappa shape index (κ1) is 13.9. The molecule has 0 unspecified atom stereocenters. The van der Waals surface area contributed by atoms with Crippen LogP contribution in [0, 0.1) is 6.92 Å². The highest BCUT2D eigenvalue weighted by atomic mass is 32.1. The molecule has 2 N–H and O–H groups in total. The van der Waals surface area contributed by atoms with Crippen molar-refractivity contribution >= 4 is 33.3 Å². The van der Waals surface area contributed by atoms with Gasteiger partial charge in [0.1, 0.15) is 22.2 Å². The Hall–Kier alpha value is -2.08. The summed E-state index contributed by atoms with van der Waals surface area (Å²) in [5.74, 6) is 3.29. The third-order valence-corrected chi connectivity index (χ3v) is 4.42. The zero-order valence-electron chi connectivity index (χ0n) is 12.4. The lowest BCUT2D eigenvalue weighted by molar-refractivity contribution is 0.490. The lowest BCUT2D eigenvalue weighted by atomic mass is 10.3. The highest BCUT2D eigenvalue weighted by molar-refractivity contribution is 7.18. The van der Waals surface area contributed by atoms with Crippen LogP contribution in [0.3, 0.4) is 0 Å². The Kier molecular flexibility index (Phi) is 3.79. The van der Waals surface area contributed by atoms with Crippen LogP contribution in [0.1, 0.15) is 23.3 Å². The maximum absolute atomic E-state index is 5.58. The molecule has 0 atom stereocenters. The topological polar surface area (TPSA) is 63.0 Å². The summed E-state index contributed by atoms with van der Waals surface area (Å²) in [6, 6.07) is 6.10. The summed E-state index contributed by atoms with van der Waals surface area (Å²) in [4.78, 5) is 11.3. The van der Waals surface area contributed by atoms with Gasteiger partial charge in [0.25, 0.3) is 0 Å². The Bertz CT molecular complexity index is 762. The predicted molar refractivity (Wildman–Crippen MR) is 87.1 cm³/mol. The summed E-state index contributed by atoms with van der Waals surface area (Å²) >= 11 is 1.71. The number of hydrogen-bond acceptors (Lipinski definition) is 6. The largest absolute Gasteiger partial charge is 0.465 e. The summed E-state index contributed by atoms with van der Waals surface area (Å²) in [6.45, 7) is 4.70. The quantitative estimate of drug-likeness (QED) is 0.750. The number of aryl methyl sites for hydroxylation is 2. The van der Waals surface area contributed by atoms with Crippen molar-refractivity contribution in [3.05, 3.63) is 34.6 Å². The molecule has 0 saturated heterocycles. The third-order valence-electron chi connectivity index (χ3n) is 3.24. The fourth-order valence-corrected chi connectivity index (χ4v) is 3.11. The molecule has 110 valence electrons. The number of aromatic nitrogens is 2. The van der Waals surface area contributed by atoms with Crippen LogP contribution >= 0.6 is 11.3 Å². The van der Waals surface area contributed by atoms with E-state index >= 15 is 0 Å². The lowest BCUT2D eigenvalue weighted by Crippen LogP contribution is -2.04. The van der Waals surface area contributed by atoms with Crippen molar-refractivity contribution in [3.8, 4) is 0 Å². The van der Waals surface area contributed by atoms with E-state index in [0.717, 1.165) is 34.0 Å². The molecule has 0 aliphatic heterocycles. The van der Waals surface area contributed by atoms with E-state index in [9.17, 15) is 0 Å². The zero-order chi connectivity index (χ0) is 14.8. The van der Waals surface area contributed by atoms with Crippen LogP contribution < -0.4 is 10.6 Å². The fourth-order valence-electron chi connectivity index (χ4n) is 2.14. The first-order valence-corrected chi connectivity index (χ1v) is 7.78. The summed E-state index contributed by atoms with van der Waals surface area (Å²) in [6.07, 6.45) is 1.01. The van der Waals surface area contributed by atoms with Gasteiger partial charge in [0.05, 0.1) is 11.9 Å². The van der Waals surface area contributed by atoms with Crippen LogP contribution in [0.4, 0.5) is 11.8 Å². The van der Waals surface area contributed by atoms with E-state index in [1.54, 1.807) is 11.3 Å². The summed E-state index contributed by atoms with van der Waals surface area (Å²) in [5, 5.41) is 7.43. The Morgan fingerprint density at radius 3 is 2.81 bits per heavy atom. The molecule has 3 aromatic rings. The minimum atomic E-state index is 0.612. The van der Waals surface area contributed by atoms with Crippen LogP contribution in [0.5, 0.6) is 0 Å². The van der Waals surface area contributed by atoms with Crippen molar-refractivity contribution < 1.29 is 4.42 Å². The number of hydrogen-bond donors (Lipinski definition) is 2. The molecule has 21 heavy (non-hydrogen) atoms. The molecule has 6 heteroatoms. The van der Waals surface area contributed by atoms with Gasteiger partial charge < -0.3 is 15.1 Å². The molecular weight excluding hydrogens is 284 g/mol. The second-order valence-corrected chi connectivity index (χ2v) is 5.91. The smallest absolute Gasteiger partial charge is 0.225 e. The van der Waals surface area contributed by atoms with E-state index in [1.165, 1.54) is 4.88 Å². The summed E-state index contributed by atoms with van der Waals surface area (Å²) < 4.78 is 5.58. The summed E-state index contributed by atoms with van der Waals surface area (Å²) in [5.41, 5.74) is 0. The van der Waals surface area contributed by atoms with Crippen LogP contribution in [-0.2, 0) is 13.0 Å². The van der Waals surface area contributed by atoms with Crippen molar-refractivity contribution in [2.45, 2.75) is 26.8 Å². The SMILES string of the molecule is CCc1cc2c(NCc3ccc(C)o3)nc(NC)nc2s1. The lowest BCUT2D eigenvalue weighted by Gasteiger charge is -2.07. The number of furan rings is 1. The molecule has 0 bridgehead atoms. The maximum Gasteiger partial charge on any atom is 0.225 e. The van der Waals surface area contributed by atoms with E-state index < -0.39 is 0 Å². The first-order valence-electron chi connectivity index (χ1n) is 6.97. The molecular formula is C15H18N4OS. The Labute approximate surface area is 127 Å². The van der Waals surface area contributed by atoms with Crippen molar-refractivity contribution in [1.29, 1.82) is 0 Å². The standard InChI is InChI=1S/C15H18N4OS/c1-4-11-7-12-13(17-8-10-6-5-9(2)20-10)18-15(16-3)19-14(12)21-11/h5-7H,4,8H2,1-3H3,(H2,16,17,18,19). The van der Waals surface area contributed by atoms with Crippen LogP contribution in [0.25, 0.3) is 10.2 Å². The van der Waals surface area contributed by atoms with E-state index in [2.05, 4.69) is 33.6 Å². The van der Waals surface area contributed by atoms with Crippen molar-refractivity contribution in [3.63, 3.8) is 0 Å². The number of rotatable bonds is 5. The Morgan fingerprint density at radius 1 is 1.29 bits per heavy atom. The van der Waals surface area contributed by atoms with Crippen molar-refractivity contribution in [1.82, 2.24) is 9.97 Å². The Balaban J connectivity index is 1.93. The van der Waals surface area contributed by atoms with E-state index in [4.69, 9.17) is 4.42 Å². The average Bonchev–Trinajstić information content (AvgIpc) is 3.10. The summed E-state index contributed by atoms with van der Waals surface area (Å²) in [7, 11) is 1.83. The maximum atomic E-state index is 5.58. The van der Waals surface area contributed by atoms with Gasteiger partial charge in [-0.25, -0.2) is 4.98 Å². The monoisotopic (exact) mass is 302 g/mol. The Morgan fingerprint density at radius 2 is 2.14 bits per heavy atom. The fraction of sp³-hybridized carbons (Fsp3) is 0.333. The van der Waals surface area contributed by atoms with Gasteiger partial charge in [0, 0.05) is 11.9 Å². The number of thiophene rings is 1. The second kappa shape index (κ2) is 5.73. The van der Waals surface area contributed by atoms with Gasteiger partial charge in [-0.2, -0.15) is 4.98 Å². The molecule has 0 aromatic carbocycles. The molecule has 0 amide bonds. The normalized spacial score (nSPS) is 11.0. The van der Waals surface area contributed by atoms with Gasteiger partial charge in [-0.1, -0.05) is 6.92 Å². The number of nitrogens with one attached hydrogen (secondary N) is 2.